The molecule has 5 nitrogen and oxygen atoms in total. The van der Waals surface area contributed by atoms with Crippen molar-refractivity contribution in [3.8, 4) is 0 Å². The summed E-state index contributed by atoms with van der Waals surface area (Å²) in [7, 11) is 1.26. The predicted molar refractivity (Wildman–Crippen MR) is 60.5 cm³/mol. The zero-order valence-corrected chi connectivity index (χ0v) is 10.6. The van der Waals surface area contributed by atoms with Crippen LogP contribution in [0.3, 0.4) is 0 Å². The fraction of sp³-hybridized carbons (Fsp3) is 0.750. The van der Waals surface area contributed by atoms with Crippen molar-refractivity contribution in [2.45, 2.75) is 39.2 Å². The number of nitrogens with zero attached hydrogens (tertiary/aromatic N) is 1. The molecule has 5 heteroatoms. The zero-order valence-electron chi connectivity index (χ0n) is 10.6. The van der Waals surface area contributed by atoms with E-state index in [9.17, 15) is 9.59 Å². The maximum absolute atomic E-state index is 12.0. The molecule has 0 saturated heterocycles. The lowest BCUT2D eigenvalue weighted by Gasteiger charge is -2.26. The van der Waals surface area contributed by atoms with Gasteiger partial charge in [-0.25, -0.2) is 4.79 Å². The number of esters is 1. The van der Waals surface area contributed by atoms with Crippen molar-refractivity contribution >= 4 is 17.5 Å². The molecule has 0 radical (unpaired) electrons. The van der Waals surface area contributed by atoms with Gasteiger partial charge in [0.1, 0.15) is 0 Å². The summed E-state index contributed by atoms with van der Waals surface area (Å²) in [5, 5.41) is 3.98. The standard InChI is InChI=1S/C12H17NO4/c1-11(2,3)9-7-5-6-8(14)12(7,17-13-9)10(15)16-4/h7H,5-6H2,1-4H3. The summed E-state index contributed by atoms with van der Waals surface area (Å²) in [6.07, 6.45) is 0.943. The van der Waals surface area contributed by atoms with Crippen LogP contribution < -0.4 is 0 Å². The van der Waals surface area contributed by atoms with Crippen LogP contribution in [0.5, 0.6) is 0 Å². The van der Waals surface area contributed by atoms with Crippen LogP contribution in [-0.4, -0.2) is 30.2 Å². The van der Waals surface area contributed by atoms with Crippen molar-refractivity contribution in [2.24, 2.45) is 16.5 Å². The highest BCUT2D eigenvalue weighted by Gasteiger charge is 2.65. The molecule has 2 aliphatic rings. The molecule has 0 aromatic rings. The predicted octanol–water partition coefficient (Wildman–Crippen LogP) is 1.31. The lowest BCUT2D eigenvalue weighted by molar-refractivity contribution is -0.172. The minimum Gasteiger partial charge on any atom is -0.466 e. The molecule has 17 heavy (non-hydrogen) atoms. The summed E-state index contributed by atoms with van der Waals surface area (Å²) in [6.45, 7) is 5.97. The van der Waals surface area contributed by atoms with Gasteiger partial charge in [-0.1, -0.05) is 25.9 Å². The van der Waals surface area contributed by atoms with Gasteiger partial charge in [-0.2, -0.15) is 0 Å². The molecular weight excluding hydrogens is 222 g/mol. The number of rotatable bonds is 1. The lowest BCUT2D eigenvalue weighted by atomic mass is 9.76. The van der Waals surface area contributed by atoms with Crippen molar-refractivity contribution in [1.29, 1.82) is 0 Å². The molecule has 0 spiro atoms. The van der Waals surface area contributed by atoms with Crippen LogP contribution >= 0.6 is 0 Å². The Kier molecular flexibility index (Phi) is 2.52. The van der Waals surface area contributed by atoms with Gasteiger partial charge in [0.2, 0.25) is 0 Å². The van der Waals surface area contributed by atoms with Crippen LogP contribution in [0.2, 0.25) is 0 Å². The van der Waals surface area contributed by atoms with E-state index in [4.69, 9.17) is 9.57 Å². The van der Waals surface area contributed by atoms with Gasteiger partial charge >= 0.3 is 5.97 Å². The lowest BCUT2D eigenvalue weighted by Crippen LogP contribution is -2.50. The monoisotopic (exact) mass is 239 g/mol. The van der Waals surface area contributed by atoms with E-state index in [2.05, 4.69) is 5.16 Å². The quantitative estimate of drug-likeness (QED) is 0.511. The van der Waals surface area contributed by atoms with Crippen molar-refractivity contribution in [3.63, 3.8) is 0 Å². The molecule has 0 N–H and O–H groups in total. The SMILES string of the molecule is COC(=O)C12ON=C(C(C)(C)C)C1CCC2=O. The van der Waals surface area contributed by atoms with Crippen LogP contribution in [0.15, 0.2) is 5.16 Å². The minimum absolute atomic E-state index is 0.217. The Balaban J connectivity index is 2.41. The highest BCUT2D eigenvalue weighted by atomic mass is 16.7. The van der Waals surface area contributed by atoms with E-state index in [0.717, 1.165) is 5.71 Å². The normalized spacial score (nSPS) is 31.9. The smallest absolute Gasteiger partial charge is 0.361 e. The summed E-state index contributed by atoms with van der Waals surface area (Å²) in [5.74, 6) is -1.13. The van der Waals surface area contributed by atoms with Crippen LogP contribution in [-0.2, 0) is 19.2 Å². The molecule has 2 unspecified atom stereocenters. The maximum atomic E-state index is 12.0. The molecule has 0 aromatic heterocycles. The Morgan fingerprint density at radius 2 is 2.18 bits per heavy atom. The molecule has 2 atom stereocenters. The molecule has 1 heterocycles. The molecule has 2 rings (SSSR count). The fourth-order valence-corrected chi connectivity index (χ4v) is 2.59. The molecule has 0 bridgehead atoms. The first-order chi connectivity index (χ1) is 7.84. The van der Waals surface area contributed by atoms with Crippen LogP contribution in [0, 0.1) is 11.3 Å². The number of carbonyl (C=O) groups is 2. The first kappa shape index (κ1) is 12.1. The third-order valence-electron chi connectivity index (χ3n) is 3.44. The second-order valence-corrected chi connectivity index (χ2v) is 5.56. The number of hydrogen-bond donors (Lipinski definition) is 0. The molecule has 0 amide bonds. The second-order valence-electron chi connectivity index (χ2n) is 5.56. The number of ether oxygens (including phenoxy) is 1. The van der Waals surface area contributed by atoms with Crippen molar-refractivity contribution in [2.75, 3.05) is 7.11 Å². The molecule has 1 saturated carbocycles. The number of fused-ring (bicyclic) bond motifs is 1. The van der Waals surface area contributed by atoms with Crippen LogP contribution in [0.25, 0.3) is 0 Å². The molecule has 1 aliphatic carbocycles. The number of Topliss-reactive ketones (excluding diaryl/α,β-unsaturated/α-hetero) is 1. The Bertz CT molecular complexity index is 407. The van der Waals surface area contributed by atoms with E-state index in [1.54, 1.807) is 0 Å². The summed E-state index contributed by atoms with van der Waals surface area (Å²) in [5.41, 5.74) is -0.948. The van der Waals surface area contributed by atoms with E-state index in [0.29, 0.717) is 12.8 Å². The van der Waals surface area contributed by atoms with E-state index < -0.39 is 11.6 Å². The van der Waals surface area contributed by atoms with Crippen LogP contribution in [0.1, 0.15) is 33.6 Å². The van der Waals surface area contributed by atoms with E-state index >= 15 is 0 Å². The number of methoxy groups -OCH3 is 1. The zero-order chi connectivity index (χ0) is 12.8. The summed E-state index contributed by atoms with van der Waals surface area (Å²) in [4.78, 5) is 29.0. The van der Waals surface area contributed by atoms with Gasteiger partial charge in [-0.05, 0) is 6.42 Å². The van der Waals surface area contributed by atoms with Crippen LogP contribution in [0.4, 0.5) is 0 Å². The number of carbonyl (C=O) groups excluding carboxylic acids is 2. The Hall–Kier alpha value is -1.39. The number of ketones is 1. The first-order valence-electron chi connectivity index (χ1n) is 5.72. The fourth-order valence-electron chi connectivity index (χ4n) is 2.59. The van der Waals surface area contributed by atoms with E-state index in [1.807, 2.05) is 20.8 Å². The third kappa shape index (κ3) is 1.48. The average molecular weight is 239 g/mol. The van der Waals surface area contributed by atoms with Gasteiger partial charge in [0, 0.05) is 11.8 Å². The van der Waals surface area contributed by atoms with Crippen molar-refractivity contribution in [1.82, 2.24) is 0 Å². The summed E-state index contributed by atoms with van der Waals surface area (Å²) in [6, 6.07) is 0. The summed E-state index contributed by atoms with van der Waals surface area (Å²) < 4.78 is 4.71. The topological polar surface area (TPSA) is 65.0 Å². The number of hydrogen-bond acceptors (Lipinski definition) is 5. The Labute approximate surface area is 100 Å². The Morgan fingerprint density at radius 1 is 1.53 bits per heavy atom. The van der Waals surface area contributed by atoms with E-state index in [1.165, 1.54) is 7.11 Å². The van der Waals surface area contributed by atoms with Crippen molar-refractivity contribution in [3.05, 3.63) is 0 Å². The largest absolute Gasteiger partial charge is 0.466 e. The molecule has 1 aliphatic heterocycles. The van der Waals surface area contributed by atoms with Gasteiger partial charge in [0.25, 0.3) is 5.60 Å². The van der Waals surface area contributed by atoms with Gasteiger partial charge in [0.15, 0.2) is 5.78 Å². The van der Waals surface area contributed by atoms with Gasteiger partial charge in [-0.15, -0.1) is 0 Å². The van der Waals surface area contributed by atoms with Crippen molar-refractivity contribution < 1.29 is 19.2 Å². The molecular formula is C12H17NO4. The molecule has 1 fully saturated rings. The van der Waals surface area contributed by atoms with Gasteiger partial charge < -0.3 is 9.57 Å². The molecule has 0 aromatic carbocycles. The Morgan fingerprint density at radius 3 is 2.71 bits per heavy atom. The van der Waals surface area contributed by atoms with E-state index in [-0.39, 0.29) is 17.1 Å². The maximum Gasteiger partial charge on any atom is 0.361 e. The van der Waals surface area contributed by atoms with Gasteiger partial charge in [0.05, 0.1) is 18.7 Å². The number of oxime groups is 1. The highest BCUT2D eigenvalue weighted by Crippen LogP contribution is 2.46. The third-order valence-corrected chi connectivity index (χ3v) is 3.44. The minimum atomic E-state index is -1.50. The summed E-state index contributed by atoms with van der Waals surface area (Å²) >= 11 is 0. The average Bonchev–Trinajstić information content (AvgIpc) is 2.76. The highest BCUT2D eigenvalue weighted by molar-refractivity contribution is 6.16. The first-order valence-corrected chi connectivity index (χ1v) is 5.72. The second kappa shape index (κ2) is 3.55. The van der Waals surface area contributed by atoms with Gasteiger partial charge in [-0.3, -0.25) is 4.79 Å². The molecule has 94 valence electrons.